The monoisotopic (exact) mass is 286 g/mol. The molecular formula is C12H18N2O6. The van der Waals surface area contributed by atoms with Gasteiger partial charge in [-0.3, -0.25) is 19.8 Å². The number of imide groups is 1. The van der Waals surface area contributed by atoms with E-state index in [-0.39, 0.29) is 31.4 Å². The molecule has 0 saturated carbocycles. The molecule has 8 nitrogen and oxygen atoms in total. The molecule has 3 amide bonds. The fourth-order valence-electron chi connectivity index (χ4n) is 2.40. The minimum Gasteiger partial charge on any atom is -0.460 e. The Morgan fingerprint density at radius 3 is 2.85 bits per heavy atom. The number of urea groups is 1. The number of carbonyl (C=O) groups excluding carboxylic acids is 3. The third-order valence-corrected chi connectivity index (χ3v) is 3.43. The van der Waals surface area contributed by atoms with Gasteiger partial charge in [-0.1, -0.05) is 6.92 Å². The van der Waals surface area contributed by atoms with E-state index in [1.54, 1.807) is 6.92 Å². The predicted octanol–water partition coefficient (Wildman–Crippen LogP) is -0.787. The maximum absolute atomic E-state index is 11.8. The highest BCUT2D eigenvalue weighted by Crippen LogP contribution is 2.27. The van der Waals surface area contributed by atoms with Crippen molar-refractivity contribution in [2.24, 2.45) is 5.92 Å². The minimum atomic E-state index is -0.662. The van der Waals surface area contributed by atoms with Crippen molar-refractivity contribution in [2.45, 2.75) is 38.7 Å². The second-order valence-corrected chi connectivity index (χ2v) is 5.04. The Labute approximate surface area is 116 Å². The molecule has 2 saturated heterocycles. The zero-order valence-corrected chi connectivity index (χ0v) is 11.4. The summed E-state index contributed by atoms with van der Waals surface area (Å²) in [5.41, 5.74) is 0. The van der Waals surface area contributed by atoms with Crippen LogP contribution in [0.5, 0.6) is 0 Å². The molecule has 0 aromatic heterocycles. The van der Waals surface area contributed by atoms with Crippen molar-refractivity contribution < 1.29 is 29.0 Å². The van der Waals surface area contributed by atoms with Gasteiger partial charge in [-0.2, -0.15) is 0 Å². The molecule has 0 aromatic rings. The molecule has 0 spiro atoms. The molecule has 2 aliphatic rings. The van der Waals surface area contributed by atoms with Gasteiger partial charge in [0.25, 0.3) is 0 Å². The van der Waals surface area contributed by atoms with Gasteiger partial charge in [0.15, 0.2) is 0 Å². The smallest absolute Gasteiger partial charge is 0.326 e. The van der Waals surface area contributed by atoms with Crippen LogP contribution in [-0.4, -0.2) is 59.5 Å². The predicted molar refractivity (Wildman–Crippen MR) is 65.3 cm³/mol. The van der Waals surface area contributed by atoms with E-state index in [1.165, 1.54) is 11.8 Å². The highest BCUT2D eigenvalue weighted by molar-refractivity contribution is 5.97. The second-order valence-electron chi connectivity index (χ2n) is 5.04. The average Bonchev–Trinajstić information content (AvgIpc) is 2.75. The lowest BCUT2D eigenvalue weighted by Crippen LogP contribution is -2.57. The molecule has 0 radical (unpaired) electrons. The topological polar surface area (TPSA) is 105 Å². The Kier molecular flexibility index (Phi) is 4.24. The Hall–Kier alpha value is -1.67. The molecule has 8 heteroatoms. The molecule has 112 valence electrons. The number of carbonyl (C=O) groups is 3. The third kappa shape index (κ3) is 2.91. The molecular weight excluding hydrogens is 268 g/mol. The van der Waals surface area contributed by atoms with Crippen LogP contribution in [0.2, 0.25) is 0 Å². The van der Waals surface area contributed by atoms with Gasteiger partial charge in [-0.05, 0) is 0 Å². The highest BCUT2D eigenvalue weighted by Gasteiger charge is 2.43. The van der Waals surface area contributed by atoms with Gasteiger partial charge in [0.2, 0.25) is 5.91 Å². The van der Waals surface area contributed by atoms with Gasteiger partial charge in [0, 0.05) is 19.9 Å². The van der Waals surface area contributed by atoms with Crippen LogP contribution in [-0.2, 0) is 19.1 Å². The number of rotatable bonds is 3. The van der Waals surface area contributed by atoms with Crippen molar-refractivity contribution in [1.29, 1.82) is 0 Å². The number of hydrogen-bond donors (Lipinski definition) is 2. The zero-order chi connectivity index (χ0) is 14.9. The van der Waals surface area contributed by atoms with E-state index in [0.29, 0.717) is 0 Å². The van der Waals surface area contributed by atoms with Crippen LogP contribution in [0.1, 0.15) is 20.3 Å². The summed E-state index contributed by atoms with van der Waals surface area (Å²) in [7, 11) is 0. The fraction of sp³-hybridized carbons (Fsp3) is 0.750. The number of amides is 3. The first-order chi connectivity index (χ1) is 9.42. The van der Waals surface area contributed by atoms with Gasteiger partial charge in [-0.15, -0.1) is 0 Å². The molecule has 0 aromatic carbocycles. The van der Waals surface area contributed by atoms with E-state index in [1.807, 2.05) is 0 Å². The molecule has 2 N–H and O–H groups in total. The van der Waals surface area contributed by atoms with Gasteiger partial charge < -0.3 is 14.6 Å². The van der Waals surface area contributed by atoms with Crippen LogP contribution >= 0.6 is 0 Å². The fourth-order valence-corrected chi connectivity index (χ4v) is 2.40. The normalized spacial score (nSPS) is 34.0. The number of nitrogens with one attached hydrogen (secondary N) is 1. The van der Waals surface area contributed by atoms with E-state index in [9.17, 15) is 19.5 Å². The summed E-state index contributed by atoms with van der Waals surface area (Å²) in [6.45, 7) is 2.91. The Morgan fingerprint density at radius 2 is 2.25 bits per heavy atom. The minimum absolute atomic E-state index is 0.236. The average molecular weight is 286 g/mol. The summed E-state index contributed by atoms with van der Waals surface area (Å²) in [6, 6.07) is -0.529. The molecule has 2 heterocycles. The largest absolute Gasteiger partial charge is 0.460 e. The van der Waals surface area contributed by atoms with Crippen molar-refractivity contribution in [2.75, 3.05) is 13.2 Å². The lowest BCUT2D eigenvalue weighted by molar-refractivity contribution is -0.150. The maximum atomic E-state index is 11.8. The van der Waals surface area contributed by atoms with Crippen LogP contribution in [0.25, 0.3) is 0 Å². The molecule has 2 aliphatic heterocycles. The molecule has 20 heavy (non-hydrogen) atoms. The molecule has 0 bridgehead atoms. The van der Waals surface area contributed by atoms with Crippen molar-refractivity contribution in [1.82, 2.24) is 10.2 Å². The van der Waals surface area contributed by atoms with Crippen LogP contribution in [0.15, 0.2) is 0 Å². The number of aliphatic hydroxyl groups excluding tert-OH is 1. The Balaban J connectivity index is 2.04. The number of ether oxygens (including phenoxy) is 2. The number of hydrogen-bond acceptors (Lipinski definition) is 6. The number of aliphatic hydroxyl groups is 1. The third-order valence-electron chi connectivity index (χ3n) is 3.43. The van der Waals surface area contributed by atoms with Crippen molar-refractivity contribution >= 4 is 17.9 Å². The Morgan fingerprint density at radius 1 is 1.55 bits per heavy atom. The summed E-state index contributed by atoms with van der Waals surface area (Å²) in [6.07, 6.45) is -1.60. The second kappa shape index (κ2) is 5.76. The van der Waals surface area contributed by atoms with E-state index in [0.717, 1.165) is 0 Å². The molecule has 1 unspecified atom stereocenters. The molecule has 2 rings (SSSR count). The van der Waals surface area contributed by atoms with Crippen molar-refractivity contribution in [3.8, 4) is 0 Å². The molecule has 2 fully saturated rings. The first-order valence-electron chi connectivity index (χ1n) is 6.47. The van der Waals surface area contributed by atoms with E-state index in [2.05, 4.69) is 5.32 Å². The van der Waals surface area contributed by atoms with Crippen LogP contribution in [0.3, 0.4) is 0 Å². The van der Waals surface area contributed by atoms with Gasteiger partial charge in [-0.25, -0.2) is 4.79 Å². The molecule has 0 aliphatic carbocycles. The van der Waals surface area contributed by atoms with Gasteiger partial charge in [0.1, 0.15) is 18.4 Å². The van der Waals surface area contributed by atoms with Crippen LogP contribution in [0, 0.1) is 5.92 Å². The van der Waals surface area contributed by atoms with Gasteiger partial charge in [0.05, 0.1) is 12.5 Å². The quantitative estimate of drug-likeness (QED) is 0.659. The maximum Gasteiger partial charge on any atom is 0.326 e. The van der Waals surface area contributed by atoms with E-state index >= 15 is 0 Å². The SMILES string of the molecule is CC(=O)O[C@H]1C[C@H](N2CC(C)C(=O)NC2=O)O[C@@H]1CO. The number of esters is 1. The molecule has 4 atom stereocenters. The zero-order valence-electron chi connectivity index (χ0n) is 11.4. The summed E-state index contributed by atoms with van der Waals surface area (Å²) in [4.78, 5) is 35.6. The Bertz CT molecular complexity index is 426. The standard InChI is InChI=1S/C12H18N2O6/c1-6-4-14(12(18)13-11(6)17)10-3-8(19-7(2)16)9(5-15)20-10/h6,8-10,15H,3-5H2,1-2H3,(H,13,17,18)/t6?,8-,9+,10+/m0/s1. The van der Waals surface area contributed by atoms with E-state index in [4.69, 9.17) is 9.47 Å². The van der Waals surface area contributed by atoms with Crippen LogP contribution < -0.4 is 5.32 Å². The summed E-state index contributed by atoms with van der Waals surface area (Å²) >= 11 is 0. The van der Waals surface area contributed by atoms with E-state index < -0.39 is 30.4 Å². The lowest BCUT2D eigenvalue weighted by Gasteiger charge is -2.34. The van der Waals surface area contributed by atoms with Crippen LogP contribution in [0.4, 0.5) is 4.79 Å². The summed E-state index contributed by atoms with van der Waals surface area (Å²) < 4.78 is 10.6. The summed E-state index contributed by atoms with van der Waals surface area (Å²) in [5.74, 6) is -1.12. The highest BCUT2D eigenvalue weighted by atomic mass is 16.6. The first kappa shape index (κ1) is 14.7. The van der Waals surface area contributed by atoms with Crippen molar-refractivity contribution in [3.05, 3.63) is 0 Å². The first-order valence-corrected chi connectivity index (χ1v) is 6.47. The van der Waals surface area contributed by atoms with Crippen molar-refractivity contribution in [3.63, 3.8) is 0 Å². The van der Waals surface area contributed by atoms with Gasteiger partial charge >= 0.3 is 12.0 Å². The lowest BCUT2D eigenvalue weighted by atomic mass is 10.1. The summed E-state index contributed by atoms with van der Waals surface area (Å²) in [5, 5.41) is 11.5. The number of nitrogens with zero attached hydrogens (tertiary/aromatic N) is 1.